The summed E-state index contributed by atoms with van der Waals surface area (Å²) in [6, 6.07) is 0.294. The molecular formula is C11H21NO2S. The third kappa shape index (κ3) is 3.68. The van der Waals surface area contributed by atoms with Crippen LogP contribution in [0.5, 0.6) is 0 Å². The van der Waals surface area contributed by atoms with Crippen LogP contribution < -0.4 is 5.32 Å². The van der Waals surface area contributed by atoms with E-state index in [0.717, 1.165) is 0 Å². The zero-order chi connectivity index (χ0) is 11.3. The Morgan fingerprint density at radius 1 is 1.60 bits per heavy atom. The molecule has 15 heavy (non-hydrogen) atoms. The maximum Gasteiger partial charge on any atom is 0.322 e. The van der Waals surface area contributed by atoms with E-state index in [4.69, 9.17) is 4.74 Å². The summed E-state index contributed by atoms with van der Waals surface area (Å²) in [4.78, 5) is 11.4. The zero-order valence-electron chi connectivity index (χ0n) is 9.79. The van der Waals surface area contributed by atoms with Gasteiger partial charge in [0.1, 0.15) is 6.04 Å². The van der Waals surface area contributed by atoms with Crippen LogP contribution in [0.4, 0.5) is 0 Å². The molecule has 1 aliphatic rings. The quantitative estimate of drug-likeness (QED) is 0.732. The second kappa shape index (κ2) is 6.38. The first-order valence-corrected chi connectivity index (χ1v) is 6.93. The number of rotatable bonds is 5. The maximum absolute atomic E-state index is 11.4. The molecule has 0 spiro atoms. The molecule has 3 unspecified atom stereocenters. The van der Waals surface area contributed by atoms with Crippen molar-refractivity contribution in [3.8, 4) is 0 Å². The van der Waals surface area contributed by atoms with Crippen LogP contribution >= 0.6 is 11.8 Å². The molecule has 0 aromatic heterocycles. The van der Waals surface area contributed by atoms with Crippen molar-refractivity contribution < 1.29 is 9.53 Å². The van der Waals surface area contributed by atoms with Crippen LogP contribution in [0, 0.1) is 0 Å². The Kier molecular flexibility index (Phi) is 5.47. The van der Waals surface area contributed by atoms with Gasteiger partial charge in [-0.05, 0) is 32.9 Å². The summed E-state index contributed by atoms with van der Waals surface area (Å²) >= 11 is 1.89. The van der Waals surface area contributed by atoms with Crippen LogP contribution in [0.25, 0.3) is 0 Å². The van der Waals surface area contributed by atoms with Crippen LogP contribution in [0.15, 0.2) is 0 Å². The van der Waals surface area contributed by atoms with Gasteiger partial charge in [-0.2, -0.15) is 11.8 Å². The summed E-state index contributed by atoms with van der Waals surface area (Å²) in [7, 11) is 0. The molecule has 1 rings (SSSR count). The molecule has 1 fully saturated rings. The van der Waals surface area contributed by atoms with E-state index < -0.39 is 0 Å². The molecule has 0 amide bonds. The first-order valence-electron chi connectivity index (χ1n) is 5.64. The van der Waals surface area contributed by atoms with Crippen LogP contribution in [0.1, 0.15) is 33.1 Å². The first-order chi connectivity index (χ1) is 7.19. The molecule has 88 valence electrons. The number of nitrogens with one attached hydrogen (secondary N) is 1. The highest BCUT2D eigenvalue weighted by Crippen LogP contribution is 2.28. The highest BCUT2D eigenvalue weighted by atomic mass is 32.2. The number of hydrogen-bond acceptors (Lipinski definition) is 4. The molecule has 0 saturated heterocycles. The molecule has 1 N–H and O–H groups in total. The Bertz CT molecular complexity index is 211. The Morgan fingerprint density at radius 3 is 2.93 bits per heavy atom. The van der Waals surface area contributed by atoms with Crippen LogP contribution in [-0.2, 0) is 9.53 Å². The number of thioether (sulfide) groups is 1. The topological polar surface area (TPSA) is 38.3 Å². The van der Waals surface area contributed by atoms with Crippen LogP contribution in [0.3, 0.4) is 0 Å². The Morgan fingerprint density at radius 2 is 2.33 bits per heavy atom. The number of esters is 1. The number of hydrogen-bond donors (Lipinski definition) is 1. The lowest BCUT2D eigenvalue weighted by molar-refractivity contribution is -0.145. The second-order valence-corrected chi connectivity index (χ2v) is 5.03. The lowest BCUT2D eigenvalue weighted by atomic mass is 10.2. The van der Waals surface area contributed by atoms with Gasteiger partial charge >= 0.3 is 5.97 Å². The van der Waals surface area contributed by atoms with Gasteiger partial charge in [-0.3, -0.25) is 4.79 Å². The van der Waals surface area contributed by atoms with E-state index in [-0.39, 0.29) is 12.0 Å². The fraction of sp³-hybridized carbons (Fsp3) is 0.909. The summed E-state index contributed by atoms with van der Waals surface area (Å²) < 4.78 is 4.97. The van der Waals surface area contributed by atoms with Crippen molar-refractivity contribution in [2.75, 3.05) is 12.9 Å². The van der Waals surface area contributed by atoms with Crippen molar-refractivity contribution in [2.45, 2.75) is 50.4 Å². The van der Waals surface area contributed by atoms with Gasteiger partial charge < -0.3 is 10.1 Å². The van der Waals surface area contributed by atoms with E-state index in [1.54, 1.807) is 0 Å². The highest BCUT2D eigenvalue weighted by Gasteiger charge is 2.29. The molecule has 0 aromatic carbocycles. The predicted molar refractivity (Wildman–Crippen MR) is 64.2 cm³/mol. The Labute approximate surface area is 96.3 Å². The average molecular weight is 231 g/mol. The molecule has 0 radical (unpaired) electrons. The monoisotopic (exact) mass is 231 g/mol. The maximum atomic E-state index is 11.4. The fourth-order valence-corrected chi connectivity index (χ4v) is 3.00. The van der Waals surface area contributed by atoms with E-state index in [1.807, 2.05) is 25.6 Å². The third-order valence-electron chi connectivity index (χ3n) is 2.86. The van der Waals surface area contributed by atoms with Gasteiger partial charge in [0.25, 0.3) is 0 Å². The summed E-state index contributed by atoms with van der Waals surface area (Å²) in [5.74, 6) is -0.135. The lowest BCUT2D eigenvalue weighted by Gasteiger charge is -2.22. The van der Waals surface area contributed by atoms with Crippen molar-refractivity contribution in [2.24, 2.45) is 0 Å². The fourth-order valence-electron chi connectivity index (χ4n) is 2.06. The molecule has 1 saturated carbocycles. The Hall–Kier alpha value is -0.220. The summed E-state index contributed by atoms with van der Waals surface area (Å²) in [5, 5.41) is 4.02. The Balaban J connectivity index is 2.36. The first kappa shape index (κ1) is 12.8. The standard InChI is InChI=1S/C11H21NO2S/c1-4-14-11(13)8(2)12-9-6-5-7-10(9)15-3/h8-10,12H,4-7H2,1-3H3. The van der Waals surface area contributed by atoms with Crippen molar-refractivity contribution in [3.05, 3.63) is 0 Å². The van der Waals surface area contributed by atoms with E-state index in [9.17, 15) is 4.79 Å². The van der Waals surface area contributed by atoms with Crippen molar-refractivity contribution >= 4 is 17.7 Å². The number of ether oxygens (including phenoxy) is 1. The predicted octanol–water partition coefficient (Wildman–Crippen LogP) is 1.81. The molecule has 1 aliphatic carbocycles. The average Bonchev–Trinajstić information content (AvgIpc) is 2.65. The molecule has 3 nitrogen and oxygen atoms in total. The minimum absolute atomic E-state index is 0.135. The SMILES string of the molecule is CCOC(=O)C(C)NC1CCCC1SC. The van der Waals surface area contributed by atoms with Crippen molar-refractivity contribution in [3.63, 3.8) is 0 Å². The van der Waals surface area contributed by atoms with Crippen molar-refractivity contribution in [1.82, 2.24) is 5.32 Å². The van der Waals surface area contributed by atoms with E-state index in [0.29, 0.717) is 17.9 Å². The second-order valence-electron chi connectivity index (χ2n) is 3.95. The van der Waals surface area contributed by atoms with Gasteiger partial charge in [-0.1, -0.05) is 6.42 Å². The zero-order valence-corrected chi connectivity index (χ0v) is 10.6. The van der Waals surface area contributed by atoms with Crippen LogP contribution in [-0.4, -0.2) is 36.2 Å². The number of carbonyl (C=O) groups is 1. The lowest BCUT2D eigenvalue weighted by Crippen LogP contribution is -2.44. The molecule has 0 aromatic rings. The summed E-state index contributed by atoms with van der Waals surface area (Å²) in [5.41, 5.74) is 0. The van der Waals surface area contributed by atoms with Gasteiger partial charge in [0, 0.05) is 11.3 Å². The van der Waals surface area contributed by atoms with E-state index in [1.165, 1.54) is 19.3 Å². The largest absolute Gasteiger partial charge is 0.465 e. The molecule has 0 bridgehead atoms. The minimum Gasteiger partial charge on any atom is -0.465 e. The summed E-state index contributed by atoms with van der Waals surface area (Å²) in [6.45, 7) is 4.18. The molecule has 0 heterocycles. The summed E-state index contributed by atoms with van der Waals surface area (Å²) in [6.07, 6.45) is 5.84. The number of carbonyl (C=O) groups excluding carboxylic acids is 1. The molecule has 4 heteroatoms. The van der Waals surface area contributed by atoms with Crippen molar-refractivity contribution in [1.29, 1.82) is 0 Å². The van der Waals surface area contributed by atoms with E-state index >= 15 is 0 Å². The van der Waals surface area contributed by atoms with Crippen LogP contribution in [0.2, 0.25) is 0 Å². The third-order valence-corrected chi connectivity index (χ3v) is 4.03. The smallest absolute Gasteiger partial charge is 0.322 e. The van der Waals surface area contributed by atoms with Gasteiger partial charge in [-0.25, -0.2) is 0 Å². The minimum atomic E-state index is -0.178. The van der Waals surface area contributed by atoms with E-state index in [2.05, 4.69) is 11.6 Å². The van der Waals surface area contributed by atoms with Gasteiger partial charge in [0.2, 0.25) is 0 Å². The highest BCUT2D eigenvalue weighted by molar-refractivity contribution is 7.99. The molecular weight excluding hydrogens is 210 g/mol. The normalized spacial score (nSPS) is 27.7. The van der Waals surface area contributed by atoms with Gasteiger partial charge in [-0.15, -0.1) is 0 Å². The molecule has 0 aliphatic heterocycles. The van der Waals surface area contributed by atoms with Gasteiger partial charge in [0.15, 0.2) is 0 Å². The molecule has 3 atom stereocenters. The van der Waals surface area contributed by atoms with Gasteiger partial charge in [0.05, 0.1) is 6.61 Å².